The first-order valence-corrected chi connectivity index (χ1v) is 10.1. The lowest BCUT2D eigenvalue weighted by Crippen LogP contribution is -2.39. The van der Waals surface area contributed by atoms with Crippen molar-refractivity contribution < 1.29 is 14.3 Å². The Labute approximate surface area is 162 Å². The maximum absolute atomic E-state index is 12.3. The molecule has 1 aromatic carbocycles. The first-order valence-electron chi connectivity index (χ1n) is 8.13. The molecule has 0 aliphatic carbocycles. The number of hydrogen-bond donors (Lipinski definition) is 0. The lowest BCUT2D eigenvalue weighted by Gasteiger charge is -2.30. The molecule has 0 radical (unpaired) electrons. The number of amides is 1. The van der Waals surface area contributed by atoms with E-state index in [-0.39, 0.29) is 17.8 Å². The number of hydrogen-bond acceptors (Lipinski definition) is 4. The van der Waals surface area contributed by atoms with Gasteiger partial charge in [-0.1, -0.05) is 29.3 Å². The minimum Gasteiger partial charge on any atom is -0.466 e. The largest absolute Gasteiger partial charge is 0.466 e. The number of esters is 1. The van der Waals surface area contributed by atoms with Gasteiger partial charge in [0.25, 0.3) is 0 Å². The third-order valence-corrected chi connectivity index (χ3v) is 5.92. The summed E-state index contributed by atoms with van der Waals surface area (Å²) in [7, 11) is 0. The predicted octanol–water partition coefficient (Wildman–Crippen LogP) is 4.53. The van der Waals surface area contributed by atoms with E-state index in [1.165, 1.54) is 17.8 Å². The summed E-state index contributed by atoms with van der Waals surface area (Å²) in [6.07, 6.45) is 6.37. The summed E-state index contributed by atoms with van der Waals surface area (Å²) < 4.78 is 5.04. The summed E-state index contributed by atoms with van der Waals surface area (Å²) in [6, 6.07) is 3.73. The Morgan fingerprint density at radius 1 is 1.28 bits per heavy atom. The van der Waals surface area contributed by atoms with Gasteiger partial charge in [0, 0.05) is 24.1 Å². The second kappa shape index (κ2) is 9.51. The van der Waals surface area contributed by atoms with E-state index in [2.05, 4.69) is 0 Å². The molecule has 0 aromatic heterocycles. The molecule has 4 nitrogen and oxygen atoms in total. The number of thioether (sulfide) groups is 1. The number of carbonyl (C=O) groups is 2. The van der Waals surface area contributed by atoms with Crippen molar-refractivity contribution in [3.63, 3.8) is 0 Å². The van der Waals surface area contributed by atoms with Crippen molar-refractivity contribution in [3.8, 4) is 0 Å². The standard InChI is InChI=1S/C18H21Cl2NO3S/c1-3-24-18(23)13-8-10-21(11-9-13)15(22)7-5-12-4-6-14(25-2)17(20)16(12)19/h4-7,13H,3,8-11H2,1-2H3. The molecule has 1 aromatic rings. The van der Waals surface area contributed by atoms with Gasteiger partial charge >= 0.3 is 5.97 Å². The molecule has 0 saturated carbocycles. The van der Waals surface area contributed by atoms with Gasteiger partial charge in [-0.05, 0) is 43.7 Å². The van der Waals surface area contributed by atoms with Crippen molar-refractivity contribution in [2.75, 3.05) is 26.0 Å². The Morgan fingerprint density at radius 3 is 2.56 bits per heavy atom. The highest BCUT2D eigenvalue weighted by Gasteiger charge is 2.27. The van der Waals surface area contributed by atoms with E-state index < -0.39 is 0 Å². The van der Waals surface area contributed by atoms with E-state index >= 15 is 0 Å². The Bertz CT molecular complexity index is 671. The van der Waals surface area contributed by atoms with Gasteiger partial charge in [0.2, 0.25) is 5.91 Å². The summed E-state index contributed by atoms with van der Waals surface area (Å²) in [5, 5.41) is 0.942. The minimum atomic E-state index is -0.166. The first-order chi connectivity index (χ1) is 12.0. The molecule has 1 heterocycles. The molecular weight excluding hydrogens is 381 g/mol. The van der Waals surface area contributed by atoms with Gasteiger partial charge in [0.15, 0.2) is 0 Å². The van der Waals surface area contributed by atoms with Crippen LogP contribution in [0.2, 0.25) is 10.0 Å². The molecular formula is C18H21Cl2NO3S. The molecule has 0 spiro atoms. The minimum absolute atomic E-state index is 0.0940. The Kier molecular flexibility index (Phi) is 7.66. The summed E-state index contributed by atoms with van der Waals surface area (Å²) >= 11 is 14.0. The lowest BCUT2D eigenvalue weighted by atomic mass is 9.97. The monoisotopic (exact) mass is 401 g/mol. The van der Waals surface area contributed by atoms with E-state index in [1.54, 1.807) is 17.9 Å². The molecule has 0 bridgehead atoms. The number of nitrogens with zero attached hydrogens (tertiary/aromatic N) is 1. The van der Waals surface area contributed by atoms with Gasteiger partial charge in [-0.2, -0.15) is 0 Å². The van der Waals surface area contributed by atoms with Crippen LogP contribution in [0.25, 0.3) is 6.08 Å². The van der Waals surface area contributed by atoms with Crippen molar-refractivity contribution in [3.05, 3.63) is 33.8 Å². The van der Waals surface area contributed by atoms with Crippen LogP contribution in [0.15, 0.2) is 23.1 Å². The van der Waals surface area contributed by atoms with E-state index in [0.717, 1.165) is 4.90 Å². The van der Waals surface area contributed by atoms with Crippen LogP contribution in [0, 0.1) is 5.92 Å². The van der Waals surface area contributed by atoms with Crippen molar-refractivity contribution in [1.82, 2.24) is 4.90 Å². The van der Waals surface area contributed by atoms with Crippen LogP contribution in [-0.4, -0.2) is 42.7 Å². The molecule has 136 valence electrons. The highest BCUT2D eigenvalue weighted by molar-refractivity contribution is 7.98. The molecule has 0 atom stereocenters. The molecule has 1 aliphatic heterocycles. The average Bonchev–Trinajstić information content (AvgIpc) is 2.63. The molecule has 2 rings (SSSR count). The van der Waals surface area contributed by atoms with Crippen LogP contribution in [0.1, 0.15) is 25.3 Å². The van der Waals surface area contributed by atoms with Gasteiger partial charge in [-0.15, -0.1) is 11.8 Å². The topological polar surface area (TPSA) is 46.6 Å². The van der Waals surface area contributed by atoms with Crippen molar-refractivity contribution in [2.24, 2.45) is 5.92 Å². The van der Waals surface area contributed by atoms with Gasteiger partial charge < -0.3 is 9.64 Å². The van der Waals surface area contributed by atoms with E-state index in [0.29, 0.717) is 48.1 Å². The van der Waals surface area contributed by atoms with Gasteiger partial charge in [0.1, 0.15) is 0 Å². The average molecular weight is 402 g/mol. The molecule has 1 fully saturated rings. The van der Waals surface area contributed by atoms with Gasteiger partial charge in [-0.25, -0.2) is 0 Å². The van der Waals surface area contributed by atoms with E-state index in [1.807, 2.05) is 18.4 Å². The fraction of sp³-hybridized carbons (Fsp3) is 0.444. The number of benzene rings is 1. The molecule has 1 amide bonds. The fourth-order valence-electron chi connectivity index (χ4n) is 2.70. The zero-order valence-electron chi connectivity index (χ0n) is 14.3. The fourth-order valence-corrected chi connectivity index (χ4v) is 3.87. The number of piperidine rings is 1. The number of ether oxygens (including phenoxy) is 1. The number of halogens is 2. The van der Waals surface area contributed by atoms with E-state index in [4.69, 9.17) is 27.9 Å². The SMILES string of the molecule is CCOC(=O)C1CCN(C(=O)C=Cc2ccc(SC)c(Cl)c2Cl)CC1. The third-order valence-electron chi connectivity index (χ3n) is 4.13. The summed E-state index contributed by atoms with van der Waals surface area (Å²) in [6.45, 7) is 3.28. The van der Waals surface area contributed by atoms with Crippen LogP contribution < -0.4 is 0 Å². The molecule has 1 aliphatic rings. The Hall–Kier alpha value is -1.17. The highest BCUT2D eigenvalue weighted by Crippen LogP contribution is 2.35. The maximum atomic E-state index is 12.3. The lowest BCUT2D eigenvalue weighted by molar-refractivity contribution is -0.150. The maximum Gasteiger partial charge on any atom is 0.309 e. The van der Waals surface area contributed by atoms with Crippen LogP contribution in [0.3, 0.4) is 0 Å². The zero-order valence-corrected chi connectivity index (χ0v) is 16.6. The first kappa shape index (κ1) is 20.1. The van der Waals surface area contributed by atoms with Gasteiger partial charge in [-0.3, -0.25) is 9.59 Å². The van der Waals surface area contributed by atoms with Crippen LogP contribution in [-0.2, 0) is 14.3 Å². The van der Waals surface area contributed by atoms with Gasteiger partial charge in [0.05, 0.1) is 22.6 Å². The Morgan fingerprint density at radius 2 is 1.96 bits per heavy atom. The quantitative estimate of drug-likeness (QED) is 0.413. The summed E-state index contributed by atoms with van der Waals surface area (Å²) in [5.74, 6) is -0.371. The van der Waals surface area contributed by atoms with Crippen LogP contribution >= 0.6 is 35.0 Å². The van der Waals surface area contributed by atoms with E-state index in [9.17, 15) is 9.59 Å². The third kappa shape index (κ3) is 5.16. The van der Waals surface area contributed by atoms with Crippen molar-refractivity contribution in [2.45, 2.75) is 24.7 Å². The number of rotatable bonds is 5. The Balaban J connectivity index is 1.96. The second-order valence-corrected chi connectivity index (χ2v) is 7.27. The van der Waals surface area contributed by atoms with Crippen molar-refractivity contribution >= 4 is 52.9 Å². The molecule has 0 N–H and O–H groups in total. The smallest absolute Gasteiger partial charge is 0.309 e. The van der Waals surface area contributed by atoms with Crippen molar-refractivity contribution in [1.29, 1.82) is 0 Å². The van der Waals surface area contributed by atoms with Crippen LogP contribution in [0.4, 0.5) is 0 Å². The number of likely N-dealkylation sites (tertiary alicyclic amines) is 1. The molecule has 7 heteroatoms. The molecule has 25 heavy (non-hydrogen) atoms. The highest BCUT2D eigenvalue weighted by atomic mass is 35.5. The summed E-state index contributed by atoms with van der Waals surface area (Å²) in [5.41, 5.74) is 0.708. The normalized spacial score (nSPS) is 15.6. The summed E-state index contributed by atoms with van der Waals surface area (Å²) in [4.78, 5) is 26.7. The number of carbonyl (C=O) groups excluding carboxylic acids is 2. The molecule has 1 saturated heterocycles. The van der Waals surface area contributed by atoms with Crippen LogP contribution in [0.5, 0.6) is 0 Å². The predicted molar refractivity (Wildman–Crippen MR) is 103 cm³/mol. The zero-order chi connectivity index (χ0) is 18.4. The second-order valence-electron chi connectivity index (χ2n) is 5.67. The molecule has 0 unspecified atom stereocenters.